The van der Waals surface area contributed by atoms with Crippen LogP contribution in [0.2, 0.25) is 0 Å². The predicted octanol–water partition coefficient (Wildman–Crippen LogP) is 5.16. The van der Waals surface area contributed by atoms with Crippen LogP contribution in [0.25, 0.3) is 16.8 Å². The zero-order valence-corrected chi connectivity index (χ0v) is 16.7. The number of rotatable bonds is 4. The molecular formula is C25H24N2O2. The van der Waals surface area contributed by atoms with Gasteiger partial charge in [0.2, 0.25) is 11.8 Å². The molecule has 0 bridgehead atoms. The van der Waals surface area contributed by atoms with Crippen molar-refractivity contribution >= 4 is 34.4 Å². The van der Waals surface area contributed by atoms with E-state index >= 15 is 0 Å². The number of benzene rings is 3. The van der Waals surface area contributed by atoms with Crippen molar-refractivity contribution in [3.63, 3.8) is 0 Å². The molecule has 0 radical (unpaired) electrons. The number of fused-ring (bicyclic) bond motifs is 2. The summed E-state index contributed by atoms with van der Waals surface area (Å²) < 4.78 is 0. The summed E-state index contributed by atoms with van der Waals surface area (Å²) in [4.78, 5) is 29.1. The second kappa shape index (κ2) is 7.92. The summed E-state index contributed by atoms with van der Waals surface area (Å²) in [5, 5.41) is 2.16. The minimum absolute atomic E-state index is 0.00482. The number of carbonyl (C=O) groups is 2. The molecule has 0 aromatic heterocycles. The molecule has 4 rings (SSSR count). The molecule has 4 heteroatoms. The van der Waals surface area contributed by atoms with E-state index in [1.165, 1.54) is 6.92 Å². The number of anilines is 1. The highest BCUT2D eigenvalue weighted by Crippen LogP contribution is 2.34. The van der Waals surface area contributed by atoms with Gasteiger partial charge < -0.3 is 9.80 Å². The number of nitrogens with zero attached hydrogens (tertiary/aromatic N) is 2. The van der Waals surface area contributed by atoms with Crippen molar-refractivity contribution in [3.05, 3.63) is 84.1 Å². The van der Waals surface area contributed by atoms with E-state index in [0.717, 1.165) is 27.6 Å². The number of amides is 2. The minimum Gasteiger partial charge on any atom is -0.312 e. The largest absolute Gasteiger partial charge is 0.312 e. The first-order chi connectivity index (χ1) is 14.1. The number of carbonyl (C=O) groups excluding carboxylic acids is 2. The SMILES string of the molecule is CCN(C(=O)CC1c2ccccc2C=CN1C(C)=O)c1cccc2ccccc12. The Bertz CT molecular complexity index is 1100. The average Bonchev–Trinajstić information content (AvgIpc) is 2.74. The van der Waals surface area contributed by atoms with Crippen molar-refractivity contribution in [3.8, 4) is 0 Å². The Balaban J connectivity index is 1.69. The summed E-state index contributed by atoms with van der Waals surface area (Å²) in [6.07, 6.45) is 3.95. The van der Waals surface area contributed by atoms with E-state index in [9.17, 15) is 9.59 Å². The zero-order chi connectivity index (χ0) is 20.4. The quantitative estimate of drug-likeness (QED) is 0.624. The summed E-state index contributed by atoms with van der Waals surface area (Å²) in [6, 6.07) is 21.7. The lowest BCUT2D eigenvalue weighted by atomic mass is 9.93. The van der Waals surface area contributed by atoms with Gasteiger partial charge in [0, 0.05) is 25.1 Å². The van der Waals surface area contributed by atoms with Gasteiger partial charge in [-0.25, -0.2) is 0 Å². The number of hydrogen-bond donors (Lipinski definition) is 0. The van der Waals surface area contributed by atoms with E-state index in [0.29, 0.717) is 6.54 Å². The second-order valence-corrected chi connectivity index (χ2v) is 7.23. The Labute approximate surface area is 171 Å². The van der Waals surface area contributed by atoms with Gasteiger partial charge in [-0.15, -0.1) is 0 Å². The van der Waals surface area contributed by atoms with Crippen molar-refractivity contribution in [2.24, 2.45) is 0 Å². The fourth-order valence-corrected chi connectivity index (χ4v) is 4.11. The Morgan fingerprint density at radius 2 is 1.69 bits per heavy atom. The second-order valence-electron chi connectivity index (χ2n) is 7.23. The first-order valence-electron chi connectivity index (χ1n) is 9.94. The van der Waals surface area contributed by atoms with Gasteiger partial charge in [-0.2, -0.15) is 0 Å². The molecule has 4 nitrogen and oxygen atoms in total. The van der Waals surface area contributed by atoms with Gasteiger partial charge in [-0.1, -0.05) is 60.7 Å². The lowest BCUT2D eigenvalue weighted by Crippen LogP contribution is -2.37. The molecule has 1 atom stereocenters. The molecule has 3 aromatic carbocycles. The van der Waals surface area contributed by atoms with Gasteiger partial charge >= 0.3 is 0 Å². The molecule has 1 aliphatic heterocycles. The third kappa shape index (κ3) is 3.54. The van der Waals surface area contributed by atoms with Gasteiger partial charge in [0.1, 0.15) is 0 Å². The van der Waals surface area contributed by atoms with Gasteiger partial charge in [0.05, 0.1) is 18.2 Å². The van der Waals surface area contributed by atoms with E-state index in [2.05, 4.69) is 12.1 Å². The third-order valence-corrected chi connectivity index (χ3v) is 5.51. The standard InChI is InChI=1S/C25H24N2O2/c1-3-26(23-14-8-11-19-9-4-6-12-21(19)23)25(29)17-24-22-13-7-5-10-20(22)15-16-27(24)18(2)28/h4-16,24H,3,17H2,1-2H3. The minimum atomic E-state index is -0.301. The van der Waals surface area contributed by atoms with Crippen LogP contribution in [0.3, 0.4) is 0 Å². The topological polar surface area (TPSA) is 40.6 Å². The molecule has 0 N–H and O–H groups in total. The van der Waals surface area contributed by atoms with Gasteiger partial charge in [-0.3, -0.25) is 9.59 Å². The molecule has 0 aliphatic carbocycles. The van der Waals surface area contributed by atoms with Gasteiger partial charge in [0.25, 0.3) is 0 Å². The first-order valence-corrected chi connectivity index (χ1v) is 9.94. The monoisotopic (exact) mass is 384 g/mol. The van der Waals surface area contributed by atoms with Crippen molar-refractivity contribution < 1.29 is 9.59 Å². The summed E-state index contributed by atoms with van der Waals surface area (Å²) in [5.41, 5.74) is 2.97. The summed E-state index contributed by atoms with van der Waals surface area (Å²) >= 11 is 0. The van der Waals surface area contributed by atoms with E-state index in [-0.39, 0.29) is 24.3 Å². The van der Waals surface area contributed by atoms with Gasteiger partial charge in [0.15, 0.2) is 0 Å². The predicted molar refractivity (Wildman–Crippen MR) is 117 cm³/mol. The van der Waals surface area contributed by atoms with Crippen LogP contribution in [0, 0.1) is 0 Å². The van der Waals surface area contributed by atoms with Crippen molar-refractivity contribution in [1.29, 1.82) is 0 Å². The molecule has 1 unspecified atom stereocenters. The third-order valence-electron chi connectivity index (χ3n) is 5.51. The molecular weight excluding hydrogens is 360 g/mol. The molecule has 3 aromatic rings. The maximum absolute atomic E-state index is 13.4. The van der Waals surface area contributed by atoms with Crippen LogP contribution in [0.15, 0.2) is 72.9 Å². The normalized spacial score (nSPS) is 15.2. The lowest BCUT2D eigenvalue weighted by molar-refractivity contribution is -0.129. The van der Waals surface area contributed by atoms with Crippen LogP contribution in [0.5, 0.6) is 0 Å². The average molecular weight is 384 g/mol. The molecule has 29 heavy (non-hydrogen) atoms. The molecule has 0 fully saturated rings. The molecule has 146 valence electrons. The summed E-state index contributed by atoms with van der Waals surface area (Å²) in [6.45, 7) is 4.09. The van der Waals surface area contributed by atoms with E-state index in [1.807, 2.05) is 72.5 Å². The highest BCUT2D eigenvalue weighted by molar-refractivity contribution is 6.04. The maximum Gasteiger partial charge on any atom is 0.229 e. The van der Waals surface area contributed by atoms with Gasteiger partial charge in [-0.05, 0) is 35.6 Å². The van der Waals surface area contributed by atoms with E-state index in [4.69, 9.17) is 0 Å². The van der Waals surface area contributed by atoms with Crippen LogP contribution in [0.4, 0.5) is 5.69 Å². The van der Waals surface area contributed by atoms with Crippen molar-refractivity contribution in [1.82, 2.24) is 4.90 Å². The summed E-state index contributed by atoms with van der Waals surface area (Å²) in [5.74, 6) is -0.0630. The summed E-state index contributed by atoms with van der Waals surface area (Å²) in [7, 11) is 0. The fourth-order valence-electron chi connectivity index (χ4n) is 4.11. The van der Waals surface area contributed by atoms with E-state index < -0.39 is 0 Å². The van der Waals surface area contributed by atoms with Crippen molar-refractivity contribution in [2.75, 3.05) is 11.4 Å². The Morgan fingerprint density at radius 1 is 0.966 bits per heavy atom. The Morgan fingerprint density at radius 3 is 2.48 bits per heavy atom. The van der Waals surface area contributed by atoms with Crippen molar-refractivity contribution in [2.45, 2.75) is 26.3 Å². The fraction of sp³-hybridized carbons (Fsp3) is 0.200. The van der Waals surface area contributed by atoms with Crippen LogP contribution < -0.4 is 4.90 Å². The maximum atomic E-state index is 13.4. The first kappa shape index (κ1) is 18.9. The highest BCUT2D eigenvalue weighted by atomic mass is 16.2. The van der Waals surface area contributed by atoms with Crippen LogP contribution in [-0.4, -0.2) is 23.3 Å². The van der Waals surface area contributed by atoms with Crippen LogP contribution >= 0.6 is 0 Å². The molecule has 0 saturated heterocycles. The molecule has 2 amide bonds. The molecule has 0 spiro atoms. The van der Waals surface area contributed by atoms with E-state index in [1.54, 1.807) is 11.1 Å². The number of hydrogen-bond acceptors (Lipinski definition) is 2. The zero-order valence-electron chi connectivity index (χ0n) is 16.7. The smallest absolute Gasteiger partial charge is 0.229 e. The Kier molecular flexibility index (Phi) is 5.17. The van der Waals surface area contributed by atoms with Crippen LogP contribution in [-0.2, 0) is 9.59 Å². The lowest BCUT2D eigenvalue weighted by Gasteiger charge is -2.34. The Hall–Kier alpha value is -3.40. The molecule has 1 aliphatic rings. The van der Waals surface area contributed by atoms with Crippen LogP contribution in [0.1, 0.15) is 37.4 Å². The molecule has 0 saturated carbocycles. The molecule has 1 heterocycles. The highest BCUT2D eigenvalue weighted by Gasteiger charge is 2.30.